The van der Waals surface area contributed by atoms with Gasteiger partial charge in [0.15, 0.2) is 11.5 Å². The molecule has 2 aromatic carbocycles. The summed E-state index contributed by atoms with van der Waals surface area (Å²) in [4.78, 5) is 64.8. The van der Waals surface area contributed by atoms with Crippen molar-refractivity contribution in [1.82, 2.24) is 10.6 Å². The first-order chi connectivity index (χ1) is 23.3. The van der Waals surface area contributed by atoms with Crippen molar-refractivity contribution in [2.24, 2.45) is 5.92 Å². The minimum atomic E-state index is -0.996. The van der Waals surface area contributed by atoms with Gasteiger partial charge in [0.1, 0.15) is 18.7 Å². The van der Waals surface area contributed by atoms with Crippen LogP contribution in [0, 0.1) is 5.92 Å². The van der Waals surface area contributed by atoms with E-state index in [4.69, 9.17) is 19.9 Å². The zero-order chi connectivity index (χ0) is 36.2. The fourth-order valence-corrected chi connectivity index (χ4v) is 5.12. The van der Waals surface area contributed by atoms with Crippen molar-refractivity contribution in [3.63, 3.8) is 0 Å². The maximum atomic E-state index is 14.0. The molecule has 0 radical (unpaired) electrons. The van der Waals surface area contributed by atoms with Crippen molar-refractivity contribution in [2.45, 2.75) is 58.2 Å². The molecule has 0 aliphatic carbocycles. The summed E-state index contributed by atoms with van der Waals surface area (Å²) in [6.07, 6.45) is 1.53. The van der Waals surface area contributed by atoms with Gasteiger partial charge in [-0.05, 0) is 49.4 Å². The number of amides is 4. The molecule has 0 saturated heterocycles. The zero-order valence-corrected chi connectivity index (χ0v) is 28.4. The Balaban J connectivity index is 1.76. The molecule has 0 spiro atoms. The van der Waals surface area contributed by atoms with E-state index in [1.54, 1.807) is 32.0 Å². The minimum absolute atomic E-state index is 0.0242. The van der Waals surface area contributed by atoms with Crippen molar-refractivity contribution in [3.05, 3.63) is 54.1 Å². The first-order valence-electron chi connectivity index (χ1n) is 15.7. The maximum absolute atomic E-state index is 14.0. The number of aliphatic hydroxyl groups is 1. The van der Waals surface area contributed by atoms with Gasteiger partial charge in [-0.15, -0.1) is 0 Å². The summed E-state index contributed by atoms with van der Waals surface area (Å²) in [6, 6.07) is 5.36. The van der Waals surface area contributed by atoms with Gasteiger partial charge < -0.3 is 50.6 Å². The van der Waals surface area contributed by atoms with Gasteiger partial charge in [0.25, 0.3) is 5.91 Å². The topological polar surface area (TPSA) is 208 Å². The number of alkyl carbamates (subject to hydrolysis) is 1. The number of carbonyl (C=O) groups excluding carboxylic acids is 5. The van der Waals surface area contributed by atoms with E-state index >= 15 is 0 Å². The largest absolute Gasteiger partial charge is 0.493 e. The molecule has 3 rings (SSSR count). The predicted molar refractivity (Wildman–Crippen MR) is 182 cm³/mol. The molecule has 1 aliphatic heterocycles. The summed E-state index contributed by atoms with van der Waals surface area (Å²) < 4.78 is 20.7. The van der Waals surface area contributed by atoms with Crippen molar-refractivity contribution >= 4 is 46.8 Å². The number of methoxy groups -OCH3 is 2. The van der Waals surface area contributed by atoms with Crippen LogP contribution in [0.15, 0.2) is 43.0 Å². The van der Waals surface area contributed by atoms with E-state index in [9.17, 15) is 29.1 Å². The molecule has 266 valence electrons. The van der Waals surface area contributed by atoms with Gasteiger partial charge in [0.2, 0.25) is 11.8 Å². The normalized spacial score (nSPS) is 14.6. The SMILES string of the molecule is C=CCOC(=O)NC(C(=O)NC(C)C(=O)Nc1ccc2c(c1)N(C(=O)c1cc(OC)c(OCCCC(=O)OC)cc1N)C(CO)C2)C(C)C. The van der Waals surface area contributed by atoms with E-state index in [1.807, 2.05) is 0 Å². The van der Waals surface area contributed by atoms with E-state index in [1.165, 1.54) is 44.3 Å². The van der Waals surface area contributed by atoms with Crippen LogP contribution < -0.4 is 36.1 Å². The molecule has 4 amide bonds. The first-order valence-corrected chi connectivity index (χ1v) is 15.7. The van der Waals surface area contributed by atoms with E-state index in [0.717, 1.165) is 5.56 Å². The average Bonchev–Trinajstić information content (AvgIpc) is 3.45. The number of fused-ring (bicyclic) bond motifs is 1. The number of carbonyl (C=O) groups is 5. The predicted octanol–water partition coefficient (Wildman–Crippen LogP) is 2.55. The minimum Gasteiger partial charge on any atom is -0.493 e. The molecule has 0 saturated carbocycles. The quantitative estimate of drug-likeness (QED) is 0.0752. The number of anilines is 3. The molecular weight excluding hydrogens is 638 g/mol. The molecule has 6 N–H and O–H groups in total. The number of rotatable bonds is 16. The van der Waals surface area contributed by atoms with Crippen LogP contribution in [0.3, 0.4) is 0 Å². The number of benzene rings is 2. The number of nitrogens with zero attached hydrogens (tertiary/aromatic N) is 1. The molecule has 15 nitrogen and oxygen atoms in total. The van der Waals surface area contributed by atoms with Crippen LogP contribution in [0.5, 0.6) is 11.5 Å². The highest BCUT2D eigenvalue weighted by atomic mass is 16.5. The second-order valence-corrected chi connectivity index (χ2v) is 11.7. The average molecular weight is 684 g/mol. The van der Waals surface area contributed by atoms with E-state index in [2.05, 4.69) is 27.3 Å². The summed E-state index contributed by atoms with van der Waals surface area (Å²) in [5.74, 6) is -1.76. The molecule has 3 unspecified atom stereocenters. The van der Waals surface area contributed by atoms with Crippen LogP contribution >= 0.6 is 0 Å². The van der Waals surface area contributed by atoms with Crippen molar-refractivity contribution in [3.8, 4) is 11.5 Å². The summed E-state index contributed by atoms with van der Waals surface area (Å²) >= 11 is 0. The number of nitrogens with one attached hydrogen (secondary N) is 3. The van der Waals surface area contributed by atoms with Crippen LogP contribution in [0.25, 0.3) is 0 Å². The Labute approximate surface area is 285 Å². The number of nitrogens with two attached hydrogens (primary N) is 1. The number of esters is 1. The van der Waals surface area contributed by atoms with E-state index in [-0.39, 0.29) is 60.9 Å². The fourth-order valence-electron chi connectivity index (χ4n) is 5.12. The summed E-state index contributed by atoms with van der Waals surface area (Å²) in [5.41, 5.74) is 8.09. The number of hydrogen-bond donors (Lipinski definition) is 5. The van der Waals surface area contributed by atoms with Gasteiger partial charge >= 0.3 is 12.1 Å². The Morgan fingerprint density at radius 1 is 1.06 bits per heavy atom. The first kappa shape index (κ1) is 38.1. The Kier molecular flexibility index (Phi) is 13.8. The molecule has 3 atom stereocenters. The van der Waals surface area contributed by atoms with Crippen LogP contribution in [0.4, 0.5) is 21.9 Å². The zero-order valence-electron chi connectivity index (χ0n) is 28.4. The highest BCUT2D eigenvalue weighted by Crippen LogP contribution is 2.38. The maximum Gasteiger partial charge on any atom is 0.408 e. The molecule has 0 aromatic heterocycles. The second kappa shape index (κ2) is 17.7. The fraction of sp³-hybridized carbons (Fsp3) is 0.441. The molecule has 0 bridgehead atoms. The van der Waals surface area contributed by atoms with Crippen LogP contribution in [0.1, 0.15) is 49.5 Å². The highest BCUT2D eigenvalue weighted by molar-refractivity contribution is 6.11. The highest BCUT2D eigenvalue weighted by Gasteiger charge is 2.36. The molecule has 1 aliphatic rings. The van der Waals surface area contributed by atoms with E-state index in [0.29, 0.717) is 24.2 Å². The van der Waals surface area contributed by atoms with Gasteiger partial charge in [-0.25, -0.2) is 4.79 Å². The molecule has 0 fully saturated rings. The Morgan fingerprint density at radius 3 is 2.43 bits per heavy atom. The third-order valence-electron chi connectivity index (χ3n) is 7.75. The Bertz CT molecular complexity index is 1550. The van der Waals surface area contributed by atoms with E-state index < -0.39 is 41.9 Å². The summed E-state index contributed by atoms with van der Waals surface area (Å²) in [6.45, 7) is 8.26. The summed E-state index contributed by atoms with van der Waals surface area (Å²) in [7, 11) is 2.72. The third-order valence-corrected chi connectivity index (χ3v) is 7.75. The number of ether oxygens (including phenoxy) is 4. The lowest BCUT2D eigenvalue weighted by molar-refractivity contribution is -0.140. The number of aliphatic hydroxyl groups excluding tert-OH is 1. The Hall–Kier alpha value is -5.31. The molecule has 2 aromatic rings. The monoisotopic (exact) mass is 683 g/mol. The number of hydrogen-bond acceptors (Lipinski definition) is 11. The number of nitrogen functional groups attached to an aromatic ring is 1. The molecular formula is C34H45N5O10. The Morgan fingerprint density at radius 2 is 1.80 bits per heavy atom. The lowest BCUT2D eigenvalue weighted by Crippen LogP contribution is -2.53. The lowest BCUT2D eigenvalue weighted by Gasteiger charge is -2.26. The standard InChI is InChI=1S/C34H45N5O10/c1-7-12-49-34(45)38-30(19(2)3)32(43)36-20(4)31(42)37-22-11-10-21-14-23(18-40)39(26(21)15-22)33(44)24-16-27(46-5)28(17-25(24)35)48-13-8-9-29(41)47-6/h7,10-11,15-17,19-20,23,30,40H,1,8-9,12-14,18,35H2,2-6H3,(H,36,43)(H,37,42)(H,38,45). The van der Waals surface area contributed by atoms with Gasteiger partial charge in [-0.2, -0.15) is 0 Å². The van der Waals surface area contributed by atoms with Crippen LogP contribution in [-0.4, -0.2) is 87.1 Å². The molecule has 1 heterocycles. The summed E-state index contributed by atoms with van der Waals surface area (Å²) in [5, 5.41) is 18.1. The van der Waals surface area contributed by atoms with Gasteiger partial charge in [-0.3, -0.25) is 19.2 Å². The van der Waals surface area contributed by atoms with Crippen LogP contribution in [-0.2, 0) is 30.3 Å². The second-order valence-electron chi connectivity index (χ2n) is 11.7. The van der Waals surface area contributed by atoms with Crippen molar-refractivity contribution < 1.29 is 48.0 Å². The molecule has 49 heavy (non-hydrogen) atoms. The molecule has 15 heteroatoms. The van der Waals surface area contributed by atoms with Crippen molar-refractivity contribution in [2.75, 3.05) is 50.0 Å². The van der Waals surface area contributed by atoms with Gasteiger partial charge in [0.05, 0.1) is 39.0 Å². The van der Waals surface area contributed by atoms with Crippen LogP contribution in [0.2, 0.25) is 0 Å². The lowest BCUT2D eigenvalue weighted by atomic mass is 10.0. The van der Waals surface area contributed by atoms with Gasteiger partial charge in [0, 0.05) is 29.5 Å². The van der Waals surface area contributed by atoms with Gasteiger partial charge in [-0.1, -0.05) is 32.6 Å². The third kappa shape index (κ3) is 9.85. The smallest absolute Gasteiger partial charge is 0.408 e. The van der Waals surface area contributed by atoms with Crippen molar-refractivity contribution in [1.29, 1.82) is 0 Å².